The molecule has 5 nitrogen and oxygen atoms in total. The van der Waals surface area contributed by atoms with Crippen molar-refractivity contribution in [1.29, 1.82) is 0 Å². The highest BCUT2D eigenvalue weighted by Crippen LogP contribution is 2.24. The first-order chi connectivity index (χ1) is 11.5. The van der Waals surface area contributed by atoms with Gasteiger partial charge in [0.15, 0.2) is 0 Å². The molecular formula is C19H23NO4. The van der Waals surface area contributed by atoms with Gasteiger partial charge < -0.3 is 19.5 Å². The number of carbonyl (C=O) groups excluding carboxylic acids is 1. The molecule has 24 heavy (non-hydrogen) atoms. The Morgan fingerprint density at radius 1 is 1.00 bits per heavy atom. The first kappa shape index (κ1) is 17.7. The number of rotatable bonds is 7. The van der Waals surface area contributed by atoms with E-state index in [2.05, 4.69) is 5.32 Å². The Hall–Kier alpha value is -2.69. The van der Waals surface area contributed by atoms with Gasteiger partial charge >= 0.3 is 0 Å². The monoisotopic (exact) mass is 329 g/mol. The highest BCUT2D eigenvalue weighted by atomic mass is 16.5. The van der Waals surface area contributed by atoms with Crippen LogP contribution in [-0.2, 0) is 0 Å². The fourth-order valence-corrected chi connectivity index (χ4v) is 2.49. The van der Waals surface area contributed by atoms with Gasteiger partial charge in [0.1, 0.15) is 23.9 Å². The molecule has 0 radical (unpaired) electrons. The molecule has 1 amide bonds. The Bertz CT molecular complexity index is 695. The molecule has 0 heterocycles. The van der Waals surface area contributed by atoms with Crippen LogP contribution in [0.3, 0.4) is 0 Å². The lowest BCUT2D eigenvalue weighted by molar-refractivity contribution is 0.0943. The summed E-state index contributed by atoms with van der Waals surface area (Å²) in [6.45, 7) is 4.66. The standard InChI is InChI=1S/C19H23NO4/c1-13-11-14(2)18(23-4)17(12-13)19(21)20-9-10-24-16-7-5-15(22-3)6-8-16/h5-8,11-12H,9-10H2,1-4H3,(H,20,21). The molecule has 0 aromatic heterocycles. The smallest absolute Gasteiger partial charge is 0.255 e. The summed E-state index contributed by atoms with van der Waals surface area (Å²) in [5, 5.41) is 2.85. The van der Waals surface area contributed by atoms with Gasteiger partial charge in [0.2, 0.25) is 0 Å². The van der Waals surface area contributed by atoms with Gasteiger partial charge in [-0.2, -0.15) is 0 Å². The second-order valence-electron chi connectivity index (χ2n) is 5.44. The SMILES string of the molecule is COc1ccc(OCCNC(=O)c2cc(C)cc(C)c2OC)cc1. The summed E-state index contributed by atoms with van der Waals surface area (Å²) in [5.74, 6) is 1.94. The van der Waals surface area contributed by atoms with E-state index < -0.39 is 0 Å². The van der Waals surface area contributed by atoms with Crippen molar-refractivity contribution in [2.45, 2.75) is 13.8 Å². The molecule has 2 aromatic rings. The zero-order valence-corrected chi connectivity index (χ0v) is 14.5. The minimum absolute atomic E-state index is 0.169. The van der Waals surface area contributed by atoms with E-state index >= 15 is 0 Å². The van der Waals surface area contributed by atoms with Crippen molar-refractivity contribution in [3.05, 3.63) is 53.1 Å². The molecular weight excluding hydrogens is 306 g/mol. The normalized spacial score (nSPS) is 10.2. The van der Waals surface area contributed by atoms with E-state index in [9.17, 15) is 4.79 Å². The molecule has 0 saturated carbocycles. The zero-order chi connectivity index (χ0) is 17.5. The van der Waals surface area contributed by atoms with Crippen LogP contribution in [0, 0.1) is 13.8 Å². The third kappa shape index (κ3) is 4.41. The first-order valence-electron chi connectivity index (χ1n) is 7.75. The minimum atomic E-state index is -0.169. The first-order valence-corrected chi connectivity index (χ1v) is 7.75. The molecule has 0 atom stereocenters. The van der Waals surface area contributed by atoms with Crippen LogP contribution in [0.15, 0.2) is 36.4 Å². The Morgan fingerprint density at radius 3 is 2.29 bits per heavy atom. The molecule has 2 rings (SSSR count). The number of ether oxygens (including phenoxy) is 3. The van der Waals surface area contributed by atoms with Crippen molar-refractivity contribution in [3.63, 3.8) is 0 Å². The number of carbonyl (C=O) groups is 1. The molecule has 2 aromatic carbocycles. The fourth-order valence-electron chi connectivity index (χ4n) is 2.49. The van der Waals surface area contributed by atoms with Crippen LogP contribution in [-0.4, -0.2) is 33.3 Å². The molecule has 128 valence electrons. The van der Waals surface area contributed by atoms with Gasteiger partial charge in [0.05, 0.1) is 26.3 Å². The summed E-state index contributed by atoms with van der Waals surface area (Å²) in [6.07, 6.45) is 0. The average Bonchev–Trinajstić information content (AvgIpc) is 2.58. The van der Waals surface area contributed by atoms with E-state index in [0.717, 1.165) is 22.6 Å². The van der Waals surface area contributed by atoms with Crippen molar-refractivity contribution in [3.8, 4) is 17.2 Å². The molecule has 0 aliphatic heterocycles. The summed E-state index contributed by atoms with van der Waals surface area (Å²) in [7, 11) is 3.19. The third-order valence-electron chi connectivity index (χ3n) is 3.58. The second kappa shape index (κ2) is 8.24. The van der Waals surface area contributed by atoms with Gasteiger partial charge in [-0.25, -0.2) is 0 Å². The second-order valence-corrected chi connectivity index (χ2v) is 5.44. The lowest BCUT2D eigenvalue weighted by Gasteiger charge is -2.13. The van der Waals surface area contributed by atoms with Crippen LogP contribution in [0.5, 0.6) is 17.2 Å². The Morgan fingerprint density at radius 2 is 1.67 bits per heavy atom. The van der Waals surface area contributed by atoms with E-state index in [0.29, 0.717) is 24.5 Å². The fraction of sp³-hybridized carbons (Fsp3) is 0.316. The molecule has 0 saturated heterocycles. The van der Waals surface area contributed by atoms with E-state index in [-0.39, 0.29) is 5.91 Å². The van der Waals surface area contributed by atoms with Gasteiger partial charge in [-0.3, -0.25) is 4.79 Å². The number of amides is 1. The van der Waals surface area contributed by atoms with Crippen molar-refractivity contribution in [2.75, 3.05) is 27.4 Å². The van der Waals surface area contributed by atoms with Crippen LogP contribution in [0.2, 0.25) is 0 Å². The largest absolute Gasteiger partial charge is 0.497 e. The van der Waals surface area contributed by atoms with Crippen LogP contribution in [0.1, 0.15) is 21.5 Å². The molecule has 0 bridgehead atoms. The number of methoxy groups -OCH3 is 2. The average molecular weight is 329 g/mol. The van der Waals surface area contributed by atoms with Crippen molar-refractivity contribution >= 4 is 5.91 Å². The zero-order valence-electron chi connectivity index (χ0n) is 14.5. The minimum Gasteiger partial charge on any atom is -0.497 e. The van der Waals surface area contributed by atoms with Crippen LogP contribution < -0.4 is 19.5 Å². The van der Waals surface area contributed by atoms with Crippen LogP contribution in [0.25, 0.3) is 0 Å². The predicted octanol–water partition coefficient (Wildman–Crippen LogP) is 3.13. The maximum Gasteiger partial charge on any atom is 0.255 e. The number of hydrogen-bond donors (Lipinski definition) is 1. The molecule has 0 fully saturated rings. The van der Waals surface area contributed by atoms with E-state index in [1.807, 2.05) is 50.2 Å². The number of hydrogen-bond acceptors (Lipinski definition) is 4. The molecule has 0 aliphatic rings. The highest BCUT2D eigenvalue weighted by molar-refractivity contribution is 5.97. The van der Waals surface area contributed by atoms with Crippen LogP contribution in [0.4, 0.5) is 0 Å². The Labute approximate surface area is 142 Å². The molecule has 0 unspecified atom stereocenters. The molecule has 0 spiro atoms. The summed E-state index contributed by atoms with van der Waals surface area (Å²) in [6, 6.07) is 11.1. The van der Waals surface area contributed by atoms with Gasteiger partial charge in [-0.05, 0) is 55.3 Å². The highest BCUT2D eigenvalue weighted by Gasteiger charge is 2.14. The van der Waals surface area contributed by atoms with Gasteiger partial charge in [0.25, 0.3) is 5.91 Å². The van der Waals surface area contributed by atoms with E-state index in [1.165, 1.54) is 0 Å². The molecule has 5 heteroatoms. The van der Waals surface area contributed by atoms with E-state index in [4.69, 9.17) is 14.2 Å². The maximum absolute atomic E-state index is 12.4. The van der Waals surface area contributed by atoms with Gasteiger partial charge in [0, 0.05) is 0 Å². The van der Waals surface area contributed by atoms with Crippen molar-refractivity contribution in [1.82, 2.24) is 5.32 Å². The van der Waals surface area contributed by atoms with E-state index in [1.54, 1.807) is 14.2 Å². The Balaban J connectivity index is 1.89. The van der Waals surface area contributed by atoms with Crippen molar-refractivity contribution < 1.29 is 19.0 Å². The topological polar surface area (TPSA) is 56.8 Å². The summed E-state index contributed by atoms with van der Waals surface area (Å²) in [4.78, 5) is 12.4. The predicted molar refractivity (Wildman–Crippen MR) is 93.3 cm³/mol. The quantitative estimate of drug-likeness (QED) is 0.793. The summed E-state index contributed by atoms with van der Waals surface area (Å²) < 4.78 is 16.0. The molecule has 0 aliphatic carbocycles. The van der Waals surface area contributed by atoms with Gasteiger partial charge in [-0.1, -0.05) is 6.07 Å². The lowest BCUT2D eigenvalue weighted by atomic mass is 10.0. The number of aryl methyl sites for hydroxylation is 2. The number of nitrogens with one attached hydrogen (secondary N) is 1. The number of benzene rings is 2. The lowest BCUT2D eigenvalue weighted by Crippen LogP contribution is -2.28. The van der Waals surface area contributed by atoms with Crippen LogP contribution >= 0.6 is 0 Å². The molecule has 1 N–H and O–H groups in total. The third-order valence-corrected chi connectivity index (χ3v) is 3.58. The summed E-state index contributed by atoms with van der Waals surface area (Å²) in [5.41, 5.74) is 2.50. The Kier molecular flexibility index (Phi) is 6.07. The van der Waals surface area contributed by atoms with Crippen molar-refractivity contribution in [2.24, 2.45) is 0 Å². The summed E-state index contributed by atoms with van der Waals surface area (Å²) >= 11 is 0. The maximum atomic E-state index is 12.4. The van der Waals surface area contributed by atoms with Gasteiger partial charge in [-0.15, -0.1) is 0 Å².